The molecule has 0 amide bonds. The van der Waals surface area contributed by atoms with E-state index in [1.54, 1.807) is 27.7 Å². The van der Waals surface area contributed by atoms with Crippen LogP contribution in [-0.2, 0) is 18.3 Å². The van der Waals surface area contributed by atoms with Gasteiger partial charge in [-0.2, -0.15) is 0 Å². The van der Waals surface area contributed by atoms with Crippen LogP contribution in [-0.4, -0.2) is 67.3 Å². The molecule has 0 radical (unpaired) electrons. The van der Waals surface area contributed by atoms with Gasteiger partial charge in [0.25, 0.3) is 0 Å². The van der Waals surface area contributed by atoms with Crippen LogP contribution in [0.3, 0.4) is 0 Å². The predicted molar refractivity (Wildman–Crippen MR) is 108 cm³/mol. The van der Waals surface area contributed by atoms with Crippen LogP contribution in [0.5, 0.6) is 17.2 Å². The zero-order valence-corrected chi connectivity index (χ0v) is 17.7. The molecule has 3 heterocycles. The van der Waals surface area contributed by atoms with Crippen LogP contribution in [0, 0.1) is 5.41 Å². The van der Waals surface area contributed by atoms with Crippen molar-refractivity contribution in [1.82, 2.24) is 19.7 Å². The van der Waals surface area contributed by atoms with Gasteiger partial charge in [0.1, 0.15) is 12.2 Å². The molecule has 158 valence electrons. The second-order valence-corrected chi connectivity index (χ2v) is 8.03. The zero-order chi connectivity index (χ0) is 20.4. The maximum Gasteiger partial charge on any atom is 0.203 e. The van der Waals surface area contributed by atoms with Gasteiger partial charge in [-0.3, -0.25) is 4.90 Å². The summed E-state index contributed by atoms with van der Waals surface area (Å²) in [4.78, 5) is 2.51. The first-order chi connectivity index (χ1) is 14.1. The van der Waals surface area contributed by atoms with Crippen LogP contribution in [0.25, 0.3) is 0 Å². The molecule has 1 spiro atoms. The Kier molecular flexibility index (Phi) is 5.65. The van der Waals surface area contributed by atoms with E-state index < -0.39 is 0 Å². The fraction of sp³-hybridized carbons (Fsp3) is 0.619. The highest BCUT2D eigenvalue weighted by molar-refractivity contribution is 5.53. The standard InChI is InChI=1S/C21H30N4O4/c1-24-14-22-23-20(24)16-12-25(13-21(16)5-7-29-8-6-21)11-15-9-17(26-2)19(28-4)18(10-15)27-3/h9-10,14,16H,5-8,11-13H2,1-4H3. The Hall–Kier alpha value is -2.32. The smallest absolute Gasteiger partial charge is 0.203 e. The summed E-state index contributed by atoms with van der Waals surface area (Å²) in [7, 11) is 6.96. The molecule has 1 aromatic carbocycles. The third-order valence-electron chi connectivity index (χ3n) is 6.40. The lowest BCUT2D eigenvalue weighted by molar-refractivity contribution is 0.0105. The van der Waals surface area contributed by atoms with E-state index in [0.717, 1.165) is 57.1 Å². The van der Waals surface area contributed by atoms with Crippen LogP contribution >= 0.6 is 0 Å². The predicted octanol–water partition coefficient (Wildman–Crippen LogP) is 2.24. The first-order valence-electron chi connectivity index (χ1n) is 10.0. The molecule has 2 fully saturated rings. The van der Waals surface area contributed by atoms with E-state index in [4.69, 9.17) is 18.9 Å². The van der Waals surface area contributed by atoms with Gasteiger partial charge in [0.05, 0.1) is 21.3 Å². The van der Waals surface area contributed by atoms with Crippen molar-refractivity contribution in [3.8, 4) is 17.2 Å². The summed E-state index contributed by atoms with van der Waals surface area (Å²) in [5.41, 5.74) is 1.32. The van der Waals surface area contributed by atoms with Crippen LogP contribution < -0.4 is 14.2 Å². The quantitative estimate of drug-likeness (QED) is 0.734. The lowest BCUT2D eigenvalue weighted by Gasteiger charge is -2.37. The Labute approximate surface area is 171 Å². The molecule has 2 aliphatic heterocycles. The number of aromatic nitrogens is 3. The average molecular weight is 402 g/mol. The number of aryl methyl sites for hydroxylation is 1. The van der Waals surface area contributed by atoms with Crippen molar-refractivity contribution in [3.63, 3.8) is 0 Å². The number of benzene rings is 1. The highest BCUT2D eigenvalue weighted by Crippen LogP contribution is 2.49. The maximum atomic E-state index is 5.68. The molecule has 2 aliphatic rings. The number of methoxy groups -OCH3 is 3. The second-order valence-electron chi connectivity index (χ2n) is 8.03. The molecule has 0 N–H and O–H groups in total. The number of likely N-dealkylation sites (tertiary alicyclic amines) is 1. The van der Waals surface area contributed by atoms with Crippen molar-refractivity contribution in [2.45, 2.75) is 25.3 Å². The Balaban J connectivity index is 1.61. The van der Waals surface area contributed by atoms with Crippen LogP contribution in [0.4, 0.5) is 0 Å². The minimum Gasteiger partial charge on any atom is -0.493 e. The van der Waals surface area contributed by atoms with Crippen molar-refractivity contribution in [2.24, 2.45) is 12.5 Å². The number of ether oxygens (including phenoxy) is 4. The second kappa shape index (κ2) is 8.20. The van der Waals surface area contributed by atoms with Crippen molar-refractivity contribution in [1.29, 1.82) is 0 Å². The Morgan fingerprint density at radius 1 is 1.10 bits per heavy atom. The largest absolute Gasteiger partial charge is 0.493 e. The number of hydrogen-bond donors (Lipinski definition) is 0. The fourth-order valence-electron chi connectivity index (χ4n) is 4.92. The first kappa shape index (κ1) is 20.0. The summed E-state index contributed by atoms with van der Waals surface area (Å²) in [6, 6.07) is 4.07. The van der Waals surface area contributed by atoms with E-state index in [-0.39, 0.29) is 5.41 Å². The van der Waals surface area contributed by atoms with Crippen molar-refractivity contribution < 1.29 is 18.9 Å². The minimum atomic E-state index is 0.180. The number of nitrogens with zero attached hydrogens (tertiary/aromatic N) is 4. The molecule has 1 aromatic heterocycles. The van der Waals surface area contributed by atoms with Gasteiger partial charge in [0.2, 0.25) is 5.75 Å². The summed E-state index contributed by atoms with van der Waals surface area (Å²) in [6.45, 7) is 4.40. The summed E-state index contributed by atoms with van der Waals surface area (Å²) in [5, 5.41) is 8.59. The SMILES string of the molecule is COc1cc(CN2CC(c3nncn3C)C3(CCOCC3)C2)cc(OC)c1OC. The van der Waals surface area contributed by atoms with Gasteiger partial charge in [-0.1, -0.05) is 0 Å². The molecular formula is C21H30N4O4. The molecule has 4 rings (SSSR count). The molecule has 0 saturated carbocycles. The van der Waals surface area contributed by atoms with Gasteiger partial charge in [0, 0.05) is 45.8 Å². The van der Waals surface area contributed by atoms with E-state index in [0.29, 0.717) is 23.2 Å². The van der Waals surface area contributed by atoms with Crippen molar-refractivity contribution in [3.05, 3.63) is 29.8 Å². The maximum absolute atomic E-state index is 5.68. The normalized spacial score (nSPS) is 21.4. The summed E-state index contributed by atoms with van der Waals surface area (Å²) >= 11 is 0. The van der Waals surface area contributed by atoms with E-state index in [2.05, 4.69) is 19.7 Å². The van der Waals surface area contributed by atoms with Gasteiger partial charge in [-0.05, 0) is 36.0 Å². The minimum absolute atomic E-state index is 0.180. The van der Waals surface area contributed by atoms with E-state index in [1.807, 2.05) is 19.2 Å². The van der Waals surface area contributed by atoms with Crippen molar-refractivity contribution >= 4 is 0 Å². The molecule has 8 heteroatoms. The van der Waals surface area contributed by atoms with Crippen LogP contribution in [0.2, 0.25) is 0 Å². The van der Waals surface area contributed by atoms with Crippen molar-refractivity contribution in [2.75, 3.05) is 47.6 Å². The molecule has 1 unspecified atom stereocenters. The molecule has 29 heavy (non-hydrogen) atoms. The summed E-state index contributed by atoms with van der Waals surface area (Å²) in [5.74, 6) is 3.41. The molecule has 0 aliphatic carbocycles. The van der Waals surface area contributed by atoms with Gasteiger partial charge in [-0.25, -0.2) is 0 Å². The van der Waals surface area contributed by atoms with E-state index in [1.165, 1.54) is 0 Å². The molecule has 1 atom stereocenters. The third-order valence-corrected chi connectivity index (χ3v) is 6.40. The topological polar surface area (TPSA) is 70.9 Å². The summed E-state index contributed by atoms with van der Waals surface area (Å²) < 4.78 is 24.3. The average Bonchev–Trinajstić information content (AvgIpc) is 3.30. The summed E-state index contributed by atoms with van der Waals surface area (Å²) in [6.07, 6.45) is 3.90. The molecular weight excluding hydrogens is 372 g/mol. The Morgan fingerprint density at radius 2 is 1.79 bits per heavy atom. The highest BCUT2D eigenvalue weighted by Gasteiger charge is 2.49. The lowest BCUT2D eigenvalue weighted by atomic mass is 9.72. The van der Waals surface area contributed by atoms with E-state index in [9.17, 15) is 0 Å². The van der Waals surface area contributed by atoms with Gasteiger partial charge in [-0.15, -0.1) is 10.2 Å². The van der Waals surface area contributed by atoms with Gasteiger partial charge >= 0.3 is 0 Å². The highest BCUT2D eigenvalue weighted by atomic mass is 16.5. The number of rotatable bonds is 6. The third kappa shape index (κ3) is 3.67. The van der Waals surface area contributed by atoms with Gasteiger partial charge < -0.3 is 23.5 Å². The van der Waals surface area contributed by atoms with Gasteiger partial charge in [0.15, 0.2) is 11.5 Å². The Morgan fingerprint density at radius 3 is 2.34 bits per heavy atom. The molecule has 8 nitrogen and oxygen atoms in total. The van der Waals surface area contributed by atoms with Crippen LogP contribution in [0.15, 0.2) is 18.5 Å². The first-order valence-corrected chi connectivity index (χ1v) is 10.0. The van der Waals surface area contributed by atoms with E-state index >= 15 is 0 Å². The fourth-order valence-corrected chi connectivity index (χ4v) is 4.92. The lowest BCUT2D eigenvalue weighted by Crippen LogP contribution is -2.36. The molecule has 2 aromatic rings. The monoisotopic (exact) mass is 402 g/mol. The van der Waals surface area contributed by atoms with Crippen LogP contribution in [0.1, 0.15) is 30.1 Å². The molecule has 2 saturated heterocycles. The number of hydrogen-bond acceptors (Lipinski definition) is 7. The Bertz CT molecular complexity index is 822. The molecule has 0 bridgehead atoms. The zero-order valence-electron chi connectivity index (χ0n) is 17.7.